The van der Waals surface area contributed by atoms with E-state index in [9.17, 15) is 0 Å². The van der Waals surface area contributed by atoms with Crippen molar-refractivity contribution in [3.05, 3.63) is 35.6 Å². The molecule has 0 radical (unpaired) electrons. The second-order valence-corrected chi connectivity index (χ2v) is 5.19. The van der Waals surface area contributed by atoms with Gasteiger partial charge in [-0.05, 0) is 42.6 Å². The minimum atomic E-state index is 0.524. The molecule has 1 aromatic carbocycles. The van der Waals surface area contributed by atoms with E-state index >= 15 is 0 Å². The van der Waals surface area contributed by atoms with Gasteiger partial charge < -0.3 is 14.5 Å². The molecule has 1 aromatic heterocycles. The highest BCUT2D eigenvalue weighted by Gasteiger charge is 2.07. The molecule has 2 rings (SSSR count). The molecule has 0 saturated carbocycles. The molecule has 1 N–H and O–H groups in total. The van der Waals surface area contributed by atoms with Crippen LogP contribution in [0.5, 0.6) is 0 Å². The predicted molar refractivity (Wildman–Crippen MR) is 78.6 cm³/mol. The summed E-state index contributed by atoms with van der Waals surface area (Å²) in [5.41, 5.74) is 3.55. The summed E-state index contributed by atoms with van der Waals surface area (Å²) in [5.74, 6) is 0. The molecule has 0 saturated heterocycles. The highest BCUT2D eigenvalue weighted by molar-refractivity contribution is 5.81. The van der Waals surface area contributed by atoms with Crippen molar-refractivity contribution in [2.45, 2.75) is 32.7 Å². The molecule has 2 aromatic rings. The Morgan fingerprint density at radius 2 is 2.11 bits per heavy atom. The Hall–Kier alpha value is -1.32. The van der Waals surface area contributed by atoms with Crippen molar-refractivity contribution in [2.24, 2.45) is 0 Å². The monoisotopic (exact) mass is 261 g/mol. The minimum absolute atomic E-state index is 0.524. The summed E-state index contributed by atoms with van der Waals surface area (Å²) in [6, 6.07) is 6.92. The quantitative estimate of drug-likeness (QED) is 0.831. The summed E-state index contributed by atoms with van der Waals surface area (Å²) in [6.07, 6.45) is 3.83. The van der Waals surface area contributed by atoms with Gasteiger partial charge in [0.25, 0.3) is 0 Å². The van der Waals surface area contributed by atoms with Crippen LogP contribution in [0.25, 0.3) is 11.0 Å². The first kappa shape index (κ1) is 14.1. The van der Waals surface area contributed by atoms with Crippen molar-refractivity contribution in [1.29, 1.82) is 0 Å². The van der Waals surface area contributed by atoms with E-state index in [1.807, 2.05) is 6.26 Å². The molecule has 0 aliphatic rings. The van der Waals surface area contributed by atoms with Gasteiger partial charge in [-0.3, -0.25) is 0 Å². The zero-order chi connectivity index (χ0) is 13.7. The summed E-state index contributed by atoms with van der Waals surface area (Å²) in [7, 11) is 1.74. The Bertz CT molecular complexity index is 516. The molecule has 3 heteroatoms. The third kappa shape index (κ3) is 3.82. The lowest BCUT2D eigenvalue weighted by atomic mass is 10.1. The number of benzene rings is 1. The van der Waals surface area contributed by atoms with Crippen LogP contribution in [0.2, 0.25) is 0 Å². The molecule has 1 heterocycles. The van der Waals surface area contributed by atoms with Gasteiger partial charge in [0, 0.05) is 18.5 Å². The molecule has 19 heavy (non-hydrogen) atoms. The topological polar surface area (TPSA) is 34.4 Å². The highest BCUT2D eigenvalue weighted by Crippen LogP contribution is 2.23. The average Bonchev–Trinajstić information content (AvgIpc) is 2.79. The van der Waals surface area contributed by atoms with E-state index in [2.05, 4.69) is 37.4 Å². The second-order valence-electron chi connectivity index (χ2n) is 5.19. The summed E-state index contributed by atoms with van der Waals surface area (Å²) >= 11 is 0. The van der Waals surface area contributed by atoms with Crippen molar-refractivity contribution in [1.82, 2.24) is 5.32 Å². The van der Waals surface area contributed by atoms with E-state index in [1.54, 1.807) is 7.11 Å². The van der Waals surface area contributed by atoms with Crippen LogP contribution in [0.4, 0.5) is 0 Å². The fourth-order valence-electron chi connectivity index (χ4n) is 2.19. The summed E-state index contributed by atoms with van der Waals surface area (Å²) in [5, 5.41) is 4.67. The minimum Gasteiger partial charge on any atom is -0.464 e. The number of hydrogen-bond acceptors (Lipinski definition) is 3. The molecule has 0 aliphatic carbocycles. The molecule has 3 nitrogen and oxygen atoms in total. The Balaban J connectivity index is 2.10. The lowest BCUT2D eigenvalue weighted by Crippen LogP contribution is -2.24. The smallest absolute Gasteiger partial charge is 0.134 e. The molecular weight excluding hydrogens is 238 g/mol. The van der Waals surface area contributed by atoms with Crippen LogP contribution in [-0.4, -0.2) is 26.3 Å². The van der Waals surface area contributed by atoms with Crippen LogP contribution >= 0.6 is 0 Å². The predicted octanol–water partition coefficient (Wildman–Crippen LogP) is 3.16. The van der Waals surface area contributed by atoms with Crippen LogP contribution in [0.15, 0.2) is 28.9 Å². The maximum atomic E-state index is 5.61. The Kier molecular flexibility index (Phi) is 5.00. The third-order valence-corrected chi connectivity index (χ3v) is 3.26. The highest BCUT2D eigenvalue weighted by atomic mass is 16.5. The Morgan fingerprint density at radius 1 is 1.26 bits per heavy atom. The van der Waals surface area contributed by atoms with Crippen LogP contribution in [0, 0.1) is 0 Å². The van der Waals surface area contributed by atoms with Crippen LogP contribution in [0.3, 0.4) is 0 Å². The van der Waals surface area contributed by atoms with Gasteiger partial charge in [-0.15, -0.1) is 0 Å². The van der Waals surface area contributed by atoms with Gasteiger partial charge in [0.2, 0.25) is 0 Å². The molecule has 0 bridgehead atoms. The lowest BCUT2D eigenvalue weighted by Gasteiger charge is -2.07. The molecule has 0 atom stereocenters. The Labute approximate surface area is 114 Å². The first-order chi connectivity index (χ1) is 9.20. The first-order valence-corrected chi connectivity index (χ1v) is 6.92. The van der Waals surface area contributed by atoms with Crippen molar-refractivity contribution in [3.8, 4) is 0 Å². The molecule has 0 spiro atoms. The molecule has 104 valence electrons. The van der Waals surface area contributed by atoms with E-state index in [4.69, 9.17) is 9.15 Å². The zero-order valence-corrected chi connectivity index (χ0v) is 12.0. The van der Waals surface area contributed by atoms with Gasteiger partial charge >= 0.3 is 0 Å². The maximum Gasteiger partial charge on any atom is 0.134 e. The molecule has 0 unspecified atom stereocenters. The van der Waals surface area contributed by atoms with Crippen molar-refractivity contribution >= 4 is 11.0 Å². The molecule has 0 fully saturated rings. The van der Waals surface area contributed by atoms with Crippen LogP contribution in [0.1, 0.15) is 25.0 Å². The van der Waals surface area contributed by atoms with E-state index in [0.717, 1.165) is 31.6 Å². The van der Waals surface area contributed by atoms with E-state index in [0.29, 0.717) is 6.04 Å². The lowest BCUT2D eigenvalue weighted by molar-refractivity contribution is 0.202. The van der Waals surface area contributed by atoms with Gasteiger partial charge in [-0.2, -0.15) is 0 Å². The fourth-order valence-corrected chi connectivity index (χ4v) is 2.19. The molecule has 0 aliphatic heterocycles. The maximum absolute atomic E-state index is 5.61. The van der Waals surface area contributed by atoms with Crippen LogP contribution < -0.4 is 5.32 Å². The van der Waals surface area contributed by atoms with Gasteiger partial charge in [0.15, 0.2) is 0 Å². The molecular formula is C16H23NO2. The zero-order valence-electron chi connectivity index (χ0n) is 12.0. The summed E-state index contributed by atoms with van der Waals surface area (Å²) in [6.45, 7) is 6.06. The fraction of sp³-hybridized carbons (Fsp3) is 0.500. The number of fused-ring (bicyclic) bond motifs is 1. The van der Waals surface area contributed by atoms with Crippen molar-refractivity contribution in [2.75, 3.05) is 20.3 Å². The van der Waals surface area contributed by atoms with E-state index in [1.165, 1.54) is 16.5 Å². The van der Waals surface area contributed by atoms with Crippen molar-refractivity contribution < 1.29 is 9.15 Å². The third-order valence-electron chi connectivity index (χ3n) is 3.26. The Morgan fingerprint density at radius 3 is 2.84 bits per heavy atom. The van der Waals surface area contributed by atoms with Gasteiger partial charge in [0.05, 0.1) is 12.9 Å². The van der Waals surface area contributed by atoms with Gasteiger partial charge in [0.1, 0.15) is 5.58 Å². The average molecular weight is 261 g/mol. The number of hydrogen-bond donors (Lipinski definition) is 1. The number of methoxy groups -OCH3 is 1. The SMILES string of the molecule is COCCc1ccc2occ(CCNC(C)C)c2c1. The van der Waals surface area contributed by atoms with Gasteiger partial charge in [-0.1, -0.05) is 19.9 Å². The standard InChI is InChI=1S/C16H23NO2/c1-12(2)17-8-6-14-11-19-16-5-4-13(7-9-18-3)10-15(14)16/h4-5,10-12,17H,6-9H2,1-3H3. The number of ether oxygens (including phenoxy) is 1. The van der Waals surface area contributed by atoms with Gasteiger partial charge in [-0.25, -0.2) is 0 Å². The summed E-state index contributed by atoms with van der Waals surface area (Å²) in [4.78, 5) is 0. The summed E-state index contributed by atoms with van der Waals surface area (Å²) < 4.78 is 10.7. The number of furan rings is 1. The first-order valence-electron chi connectivity index (χ1n) is 6.92. The van der Waals surface area contributed by atoms with E-state index in [-0.39, 0.29) is 0 Å². The normalized spacial score (nSPS) is 11.6. The largest absolute Gasteiger partial charge is 0.464 e. The van der Waals surface area contributed by atoms with Crippen molar-refractivity contribution in [3.63, 3.8) is 0 Å². The molecule has 0 amide bonds. The second kappa shape index (κ2) is 6.73. The van der Waals surface area contributed by atoms with E-state index < -0.39 is 0 Å². The number of nitrogens with one attached hydrogen (secondary N) is 1. The number of rotatable bonds is 7. The van der Waals surface area contributed by atoms with Crippen LogP contribution in [-0.2, 0) is 17.6 Å².